The lowest BCUT2D eigenvalue weighted by atomic mass is 10.1. The zero-order chi connectivity index (χ0) is 19.7. The third-order valence-electron chi connectivity index (χ3n) is 4.37. The third-order valence-corrected chi connectivity index (χ3v) is 5.78. The Bertz CT molecular complexity index is 1210. The summed E-state index contributed by atoms with van der Waals surface area (Å²) < 4.78 is 2.32. The molecule has 0 atom stereocenters. The summed E-state index contributed by atoms with van der Waals surface area (Å²) in [7, 11) is 0. The molecule has 0 aliphatic heterocycles. The number of carbonyl (C=O) groups is 1. The summed E-state index contributed by atoms with van der Waals surface area (Å²) in [4.78, 5) is 30.4. The molecule has 0 saturated heterocycles. The van der Waals surface area contributed by atoms with E-state index in [0.29, 0.717) is 15.9 Å². The van der Waals surface area contributed by atoms with Gasteiger partial charge in [-0.15, -0.1) is 11.3 Å². The molecule has 0 radical (unpaired) electrons. The molecular weight excluding hydrogens is 438 g/mol. The average Bonchev–Trinajstić information content (AvgIpc) is 3.11. The fourth-order valence-corrected chi connectivity index (χ4v) is 4.09. The van der Waals surface area contributed by atoms with E-state index in [1.807, 2.05) is 60.8 Å². The summed E-state index contributed by atoms with van der Waals surface area (Å²) in [5, 5.41) is 5.28. The highest BCUT2D eigenvalue weighted by molar-refractivity contribution is 9.10. The van der Waals surface area contributed by atoms with Gasteiger partial charge in [-0.3, -0.25) is 14.2 Å². The van der Waals surface area contributed by atoms with Gasteiger partial charge in [0.25, 0.3) is 5.56 Å². The molecule has 2 aromatic carbocycles. The number of rotatable bonds is 4. The predicted molar refractivity (Wildman–Crippen MR) is 117 cm³/mol. The second kappa shape index (κ2) is 7.69. The fourth-order valence-electron chi connectivity index (χ4n) is 2.91. The van der Waals surface area contributed by atoms with Crippen LogP contribution >= 0.6 is 27.3 Å². The molecule has 5 nitrogen and oxygen atoms in total. The first-order valence-electron chi connectivity index (χ1n) is 8.60. The van der Waals surface area contributed by atoms with Crippen molar-refractivity contribution in [2.45, 2.75) is 13.5 Å². The smallest absolute Gasteiger partial charge is 0.263 e. The fraction of sp³-hybridized carbons (Fsp3) is 0.0952. The highest BCUT2D eigenvalue weighted by Crippen LogP contribution is 2.31. The highest BCUT2D eigenvalue weighted by atomic mass is 79.9. The number of halogens is 1. The molecule has 0 saturated carbocycles. The van der Waals surface area contributed by atoms with E-state index in [1.165, 1.54) is 22.2 Å². The molecule has 2 heterocycles. The van der Waals surface area contributed by atoms with Gasteiger partial charge in [-0.25, -0.2) is 4.98 Å². The van der Waals surface area contributed by atoms with Crippen LogP contribution in [0.1, 0.15) is 5.56 Å². The molecule has 1 amide bonds. The van der Waals surface area contributed by atoms with Gasteiger partial charge in [0, 0.05) is 21.1 Å². The quantitative estimate of drug-likeness (QED) is 0.480. The number of nitrogens with one attached hydrogen (secondary N) is 1. The standard InChI is InChI=1S/C21H16BrN3O2S/c1-13-2-8-16(9-3-13)24-18(26)10-25-12-23-20-19(21(25)27)17(11-28-20)14-4-6-15(22)7-5-14/h2-9,11-12H,10H2,1H3,(H,24,26). The molecule has 4 aromatic rings. The number of aromatic nitrogens is 2. The largest absolute Gasteiger partial charge is 0.325 e. The van der Waals surface area contributed by atoms with Crippen molar-refractivity contribution in [2.24, 2.45) is 0 Å². The number of amides is 1. The molecule has 0 spiro atoms. The summed E-state index contributed by atoms with van der Waals surface area (Å²) in [6.45, 7) is 1.89. The van der Waals surface area contributed by atoms with Crippen LogP contribution in [-0.4, -0.2) is 15.5 Å². The number of hydrogen-bond donors (Lipinski definition) is 1. The van der Waals surface area contributed by atoms with E-state index >= 15 is 0 Å². The average molecular weight is 454 g/mol. The number of nitrogens with zero attached hydrogens (tertiary/aromatic N) is 2. The van der Waals surface area contributed by atoms with Gasteiger partial charge in [0.2, 0.25) is 5.91 Å². The maximum absolute atomic E-state index is 13.0. The summed E-state index contributed by atoms with van der Waals surface area (Å²) in [5.41, 5.74) is 3.36. The molecular formula is C21H16BrN3O2S. The van der Waals surface area contributed by atoms with E-state index in [-0.39, 0.29) is 18.0 Å². The Morgan fingerprint density at radius 3 is 2.57 bits per heavy atom. The Morgan fingerprint density at radius 2 is 1.86 bits per heavy atom. The van der Waals surface area contributed by atoms with E-state index in [9.17, 15) is 9.59 Å². The minimum atomic E-state index is -0.271. The van der Waals surface area contributed by atoms with Gasteiger partial charge < -0.3 is 5.32 Å². The van der Waals surface area contributed by atoms with E-state index in [1.54, 1.807) is 0 Å². The number of aryl methyl sites for hydroxylation is 1. The molecule has 0 fully saturated rings. The normalized spacial score (nSPS) is 10.9. The minimum Gasteiger partial charge on any atom is -0.325 e. The first-order chi connectivity index (χ1) is 13.5. The van der Waals surface area contributed by atoms with E-state index in [2.05, 4.69) is 26.2 Å². The van der Waals surface area contributed by atoms with Crippen LogP contribution in [0.2, 0.25) is 0 Å². The second-order valence-corrected chi connectivity index (χ2v) is 8.20. The number of anilines is 1. The van der Waals surface area contributed by atoms with Crippen molar-refractivity contribution in [3.63, 3.8) is 0 Å². The lowest BCUT2D eigenvalue weighted by Crippen LogP contribution is -2.27. The van der Waals surface area contributed by atoms with Crippen LogP contribution in [0.3, 0.4) is 0 Å². The molecule has 4 rings (SSSR count). The lowest BCUT2D eigenvalue weighted by Gasteiger charge is -2.08. The topological polar surface area (TPSA) is 64.0 Å². The van der Waals surface area contributed by atoms with Crippen LogP contribution in [-0.2, 0) is 11.3 Å². The zero-order valence-electron chi connectivity index (χ0n) is 15.0. The van der Waals surface area contributed by atoms with Crippen LogP contribution in [0.5, 0.6) is 0 Å². The summed E-state index contributed by atoms with van der Waals surface area (Å²) >= 11 is 4.84. The van der Waals surface area contributed by atoms with Crippen LogP contribution in [0.4, 0.5) is 5.69 Å². The first kappa shape index (κ1) is 18.6. The van der Waals surface area contributed by atoms with Crippen LogP contribution < -0.4 is 10.9 Å². The Balaban J connectivity index is 1.64. The third kappa shape index (κ3) is 3.76. The minimum absolute atomic E-state index is 0.0920. The second-order valence-electron chi connectivity index (χ2n) is 6.43. The van der Waals surface area contributed by atoms with Gasteiger partial charge >= 0.3 is 0 Å². The number of hydrogen-bond acceptors (Lipinski definition) is 4. The lowest BCUT2D eigenvalue weighted by molar-refractivity contribution is -0.116. The van der Waals surface area contributed by atoms with Crippen molar-refractivity contribution < 1.29 is 4.79 Å². The SMILES string of the molecule is Cc1ccc(NC(=O)Cn2cnc3scc(-c4ccc(Br)cc4)c3c2=O)cc1. The number of benzene rings is 2. The summed E-state index contributed by atoms with van der Waals surface area (Å²) in [5.74, 6) is -0.271. The maximum Gasteiger partial charge on any atom is 0.263 e. The zero-order valence-corrected chi connectivity index (χ0v) is 17.4. The molecule has 7 heteroatoms. The number of carbonyl (C=O) groups excluding carboxylic acids is 1. The van der Waals surface area contributed by atoms with Crippen molar-refractivity contribution in [1.29, 1.82) is 0 Å². The van der Waals surface area contributed by atoms with Gasteiger partial charge in [0.05, 0.1) is 11.7 Å². The van der Waals surface area contributed by atoms with Gasteiger partial charge in [-0.2, -0.15) is 0 Å². The van der Waals surface area contributed by atoms with Crippen molar-refractivity contribution >= 4 is 49.1 Å². The Labute approximate surface area is 173 Å². The van der Waals surface area contributed by atoms with Crippen LogP contribution in [0, 0.1) is 6.92 Å². The molecule has 28 heavy (non-hydrogen) atoms. The van der Waals surface area contributed by atoms with Gasteiger partial charge in [-0.1, -0.05) is 45.8 Å². The van der Waals surface area contributed by atoms with Gasteiger partial charge in [0.15, 0.2) is 0 Å². The molecule has 0 bridgehead atoms. The van der Waals surface area contributed by atoms with Crippen molar-refractivity contribution in [3.8, 4) is 11.1 Å². The van der Waals surface area contributed by atoms with Crippen molar-refractivity contribution in [3.05, 3.63) is 80.6 Å². The van der Waals surface area contributed by atoms with Gasteiger partial charge in [0.1, 0.15) is 11.4 Å². The molecule has 0 aliphatic rings. The summed E-state index contributed by atoms with van der Waals surface area (Å²) in [6, 6.07) is 15.3. The predicted octanol–water partition coefficient (Wildman–Crippen LogP) is 4.83. The molecule has 140 valence electrons. The van der Waals surface area contributed by atoms with E-state index in [0.717, 1.165) is 21.2 Å². The van der Waals surface area contributed by atoms with Crippen LogP contribution in [0.15, 0.2) is 69.5 Å². The first-order valence-corrected chi connectivity index (χ1v) is 10.3. The molecule has 0 unspecified atom stereocenters. The number of thiophene rings is 1. The van der Waals surface area contributed by atoms with E-state index in [4.69, 9.17) is 0 Å². The van der Waals surface area contributed by atoms with Crippen molar-refractivity contribution in [2.75, 3.05) is 5.32 Å². The monoisotopic (exact) mass is 453 g/mol. The maximum atomic E-state index is 13.0. The van der Waals surface area contributed by atoms with Crippen molar-refractivity contribution in [1.82, 2.24) is 9.55 Å². The highest BCUT2D eigenvalue weighted by Gasteiger charge is 2.15. The van der Waals surface area contributed by atoms with Gasteiger partial charge in [-0.05, 0) is 36.8 Å². The van der Waals surface area contributed by atoms with Crippen LogP contribution in [0.25, 0.3) is 21.3 Å². The molecule has 2 aromatic heterocycles. The Kier molecular flexibility index (Phi) is 5.11. The molecule has 0 aliphatic carbocycles. The Hall–Kier alpha value is -2.77. The molecule has 1 N–H and O–H groups in total. The van der Waals surface area contributed by atoms with E-state index < -0.39 is 0 Å². The summed E-state index contributed by atoms with van der Waals surface area (Å²) in [6.07, 6.45) is 1.43. The number of fused-ring (bicyclic) bond motifs is 1. The Morgan fingerprint density at radius 1 is 1.14 bits per heavy atom.